The van der Waals surface area contributed by atoms with Crippen molar-refractivity contribution in [3.05, 3.63) is 71.8 Å². The SMILES string of the molecule is CC1CCN(C(Cc2ccccc2)C(=O)O)C(=O)C(NC(=O)C(S)Cc2ccccc2)C1. The Morgan fingerprint density at radius 1 is 1.06 bits per heavy atom. The molecule has 4 atom stereocenters. The highest BCUT2D eigenvalue weighted by Crippen LogP contribution is 2.22. The smallest absolute Gasteiger partial charge is 0.326 e. The molecular weight excluding hydrogens is 424 g/mol. The standard InChI is InChI=1S/C25H30N2O4S/c1-17-12-13-27(21(25(30)31)15-18-8-4-2-5-9-18)24(29)20(14-17)26-23(28)22(32)16-19-10-6-3-7-11-19/h2-11,17,20-22,32H,12-16H2,1H3,(H,26,28)(H,30,31). The number of aliphatic carboxylic acids is 1. The number of amides is 2. The minimum absolute atomic E-state index is 0.174. The summed E-state index contributed by atoms with van der Waals surface area (Å²) in [6.07, 6.45) is 1.83. The number of carbonyl (C=O) groups excluding carboxylic acids is 2. The molecule has 0 aliphatic carbocycles. The largest absolute Gasteiger partial charge is 0.480 e. The Kier molecular flexibility index (Phi) is 8.33. The van der Waals surface area contributed by atoms with Crippen molar-refractivity contribution in [2.75, 3.05) is 6.54 Å². The van der Waals surface area contributed by atoms with Crippen LogP contribution in [0.2, 0.25) is 0 Å². The number of thiol groups is 1. The van der Waals surface area contributed by atoms with E-state index in [2.05, 4.69) is 17.9 Å². The summed E-state index contributed by atoms with van der Waals surface area (Å²) in [5, 5.41) is 12.1. The van der Waals surface area contributed by atoms with Crippen LogP contribution in [0.4, 0.5) is 0 Å². The van der Waals surface area contributed by atoms with Crippen molar-refractivity contribution in [2.24, 2.45) is 5.92 Å². The van der Waals surface area contributed by atoms with Crippen molar-refractivity contribution < 1.29 is 19.5 Å². The first-order valence-electron chi connectivity index (χ1n) is 10.9. The van der Waals surface area contributed by atoms with Crippen LogP contribution in [0.3, 0.4) is 0 Å². The van der Waals surface area contributed by atoms with Gasteiger partial charge in [-0.25, -0.2) is 4.79 Å². The second kappa shape index (κ2) is 11.2. The summed E-state index contributed by atoms with van der Waals surface area (Å²) in [6, 6.07) is 17.1. The first kappa shape index (κ1) is 23.9. The number of hydrogen-bond acceptors (Lipinski definition) is 4. The van der Waals surface area contributed by atoms with Crippen LogP contribution in [-0.2, 0) is 27.2 Å². The van der Waals surface area contributed by atoms with E-state index in [9.17, 15) is 19.5 Å². The number of likely N-dealkylation sites (tertiary alicyclic amines) is 1. The third kappa shape index (κ3) is 6.36. The van der Waals surface area contributed by atoms with Crippen LogP contribution >= 0.6 is 12.6 Å². The number of hydrogen-bond donors (Lipinski definition) is 3. The van der Waals surface area contributed by atoms with Crippen LogP contribution in [0, 0.1) is 5.92 Å². The van der Waals surface area contributed by atoms with Crippen molar-refractivity contribution in [1.29, 1.82) is 0 Å². The van der Waals surface area contributed by atoms with Gasteiger partial charge in [-0.3, -0.25) is 9.59 Å². The average Bonchev–Trinajstić information content (AvgIpc) is 2.91. The maximum Gasteiger partial charge on any atom is 0.326 e. The first-order chi connectivity index (χ1) is 15.3. The van der Waals surface area contributed by atoms with Gasteiger partial charge in [-0.2, -0.15) is 12.6 Å². The molecule has 1 aliphatic rings. The number of carboxylic acid groups (broad SMARTS) is 1. The van der Waals surface area contributed by atoms with E-state index in [-0.39, 0.29) is 24.2 Å². The van der Waals surface area contributed by atoms with Gasteiger partial charge < -0.3 is 15.3 Å². The van der Waals surface area contributed by atoms with Gasteiger partial charge in [-0.1, -0.05) is 67.6 Å². The molecule has 2 N–H and O–H groups in total. The molecule has 7 heteroatoms. The summed E-state index contributed by atoms with van der Waals surface area (Å²) < 4.78 is 0. The topological polar surface area (TPSA) is 86.7 Å². The lowest BCUT2D eigenvalue weighted by molar-refractivity contribution is -0.151. The molecule has 0 aromatic heterocycles. The molecule has 1 fully saturated rings. The van der Waals surface area contributed by atoms with Crippen molar-refractivity contribution in [2.45, 2.75) is 49.9 Å². The summed E-state index contributed by atoms with van der Waals surface area (Å²) in [4.78, 5) is 39.7. The molecule has 0 bridgehead atoms. The predicted molar refractivity (Wildman–Crippen MR) is 127 cm³/mol. The van der Waals surface area contributed by atoms with Crippen LogP contribution in [0.25, 0.3) is 0 Å². The van der Waals surface area contributed by atoms with Crippen LogP contribution in [0.1, 0.15) is 30.9 Å². The highest BCUT2D eigenvalue weighted by atomic mass is 32.1. The zero-order valence-corrected chi connectivity index (χ0v) is 19.1. The number of rotatable bonds is 8. The molecule has 32 heavy (non-hydrogen) atoms. The van der Waals surface area contributed by atoms with Crippen LogP contribution in [0.5, 0.6) is 0 Å². The highest BCUT2D eigenvalue weighted by molar-refractivity contribution is 7.81. The third-order valence-corrected chi connectivity index (χ3v) is 6.32. The van der Waals surface area contributed by atoms with E-state index < -0.39 is 23.3 Å². The molecule has 1 heterocycles. The first-order valence-corrected chi connectivity index (χ1v) is 11.5. The zero-order valence-electron chi connectivity index (χ0n) is 18.2. The minimum atomic E-state index is -1.04. The molecular formula is C25H30N2O4S. The van der Waals surface area contributed by atoms with Gasteiger partial charge >= 0.3 is 5.97 Å². The lowest BCUT2D eigenvalue weighted by Gasteiger charge is -2.30. The molecule has 0 saturated carbocycles. The fraction of sp³-hybridized carbons (Fsp3) is 0.400. The van der Waals surface area contributed by atoms with E-state index >= 15 is 0 Å². The Morgan fingerprint density at radius 3 is 2.19 bits per heavy atom. The maximum atomic E-state index is 13.4. The summed E-state index contributed by atoms with van der Waals surface area (Å²) in [5.41, 5.74) is 1.84. The van der Waals surface area contributed by atoms with Crippen LogP contribution in [-0.4, -0.2) is 51.7 Å². The molecule has 170 valence electrons. The van der Waals surface area contributed by atoms with Crippen LogP contribution in [0.15, 0.2) is 60.7 Å². The summed E-state index contributed by atoms with van der Waals surface area (Å²) in [6.45, 7) is 2.37. The molecule has 3 rings (SSSR count). The van der Waals surface area contributed by atoms with E-state index in [1.54, 1.807) is 0 Å². The quantitative estimate of drug-likeness (QED) is 0.535. The molecule has 2 aromatic carbocycles. The van der Waals surface area contributed by atoms with E-state index in [4.69, 9.17) is 0 Å². The molecule has 6 nitrogen and oxygen atoms in total. The molecule has 1 aliphatic heterocycles. The lowest BCUT2D eigenvalue weighted by Crippen LogP contribution is -2.54. The van der Waals surface area contributed by atoms with Gasteiger partial charge in [0.05, 0.1) is 5.25 Å². The third-order valence-electron chi connectivity index (χ3n) is 5.91. The van der Waals surface area contributed by atoms with Gasteiger partial charge in [0.25, 0.3) is 0 Å². The van der Waals surface area contributed by atoms with Gasteiger partial charge in [-0.05, 0) is 36.3 Å². The van der Waals surface area contributed by atoms with E-state index in [0.29, 0.717) is 25.8 Å². The Hall–Kier alpha value is -2.80. The summed E-state index contributed by atoms with van der Waals surface area (Å²) in [5.74, 6) is -1.53. The number of nitrogens with zero attached hydrogens (tertiary/aromatic N) is 1. The van der Waals surface area contributed by atoms with E-state index in [0.717, 1.165) is 11.1 Å². The molecule has 0 spiro atoms. The number of nitrogens with one attached hydrogen (secondary N) is 1. The normalized spacial score (nSPS) is 20.8. The van der Waals surface area contributed by atoms with Crippen LogP contribution < -0.4 is 5.32 Å². The fourth-order valence-electron chi connectivity index (χ4n) is 4.09. The maximum absolute atomic E-state index is 13.4. The second-order valence-electron chi connectivity index (χ2n) is 8.47. The number of carboxylic acids is 1. The minimum Gasteiger partial charge on any atom is -0.480 e. The molecule has 1 saturated heterocycles. The Labute approximate surface area is 194 Å². The van der Waals surface area contributed by atoms with Crippen molar-refractivity contribution in [1.82, 2.24) is 10.2 Å². The van der Waals surface area contributed by atoms with Crippen molar-refractivity contribution >= 4 is 30.4 Å². The average molecular weight is 455 g/mol. The summed E-state index contributed by atoms with van der Waals surface area (Å²) >= 11 is 4.45. The van der Waals surface area contributed by atoms with Crippen molar-refractivity contribution in [3.8, 4) is 0 Å². The Bertz CT molecular complexity index is 922. The number of carbonyl (C=O) groups is 3. The Morgan fingerprint density at radius 2 is 1.62 bits per heavy atom. The lowest BCUT2D eigenvalue weighted by atomic mass is 9.99. The molecule has 0 radical (unpaired) electrons. The molecule has 2 aromatic rings. The second-order valence-corrected chi connectivity index (χ2v) is 9.09. The van der Waals surface area contributed by atoms with Crippen molar-refractivity contribution in [3.63, 3.8) is 0 Å². The zero-order chi connectivity index (χ0) is 23.1. The monoisotopic (exact) mass is 454 g/mol. The number of benzene rings is 2. The fourth-order valence-corrected chi connectivity index (χ4v) is 4.37. The van der Waals surface area contributed by atoms with E-state index in [1.807, 2.05) is 67.6 Å². The van der Waals surface area contributed by atoms with E-state index in [1.165, 1.54) is 4.90 Å². The molecule has 2 amide bonds. The Balaban J connectivity index is 1.73. The summed E-state index contributed by atoms with van der Waals surface area (Å²) in [7, 11) is 0. The van der Waals surface area contributed by atoms with Gasteiger partial charge in [0, 0.05) is 13.0 Å². The molecule has 4 unspecified atom stereocenters. The predicted octanol–water partition coefficient (Wildman–Crippen LogP) is 2.97. The van der Waals surface area contributed by atoms with Gasteiger partial charge in [0.1, 0.15) is 12.1 Å². The highest BCUT2D eigenvalue weighted by Gasteiger charge is 2.38. The van der Waals surface area contributed by atoms with Gasteiger partial charge in [-0.15, -0.1) is 0 Å². The van der Waals surface area contributed by atoms with Gasteiger partial charge in [0.15, 0.2) is 0 Å². The van der Waals surface area contributed by atoms with Gasteiger partial charge in [0.2, 0.25) is 11.8 Å².